The molecule has 1 aromatic rings. The van der Waals surface area contributed by atoms with Gasteiger partial charge in [-0.3, -0.25) is 4.79 Å². The highest BCUT2D eigenvalue weighted by molar-refractivity contribution is 5.75. The van der Waals surface area contributed by atoms with E-state index in [4.69, 9.17) is 16.2 Å². The first-order valence-electron chi connectivity index (χ1n) is 5.90. The van der Waals surface area contributed by atoms with Crippen LogP contribution in [-0.4, -0.2) is 25.2 Å². The number of esters is 1. The Balaban J connectivity index is 2.27. The molecule has 4 nitrogen and oxygen atoms in total. The number of carbonyl (C=O) groups is 1. The molecule has 1 rings (SSSR count). The van der Waals surface area contributed by atoms with Gasteiger partial charge in [0.15, 0.2) is 0 Å². The molecule has 0 aliphatic carbocycles. The van der Waals surface area contributed by atoms with E-state index in [2.05, 4.69) is 0 Å². The normalized spacial score (nSPS) is 12.1. The fourth-order valence-electron chi connectivity index (χ4n) is 1.48. The van der Waals surface area contributed by atoms with E-state index < -0.39 is 6.04 Å². The zero-order chi connectivity index (χ0) is 12.5. The third-order valence-electron chi connectivity index (χ3n) is 2.44. The molecule has 0 saturated heterocycles. The van der Waals surface area contributed by atoms with Gasteiger partial charge in [0, 0.05) is 0 Å². The molecule has 0 aliphatic rings. The van der Waals surface area contributed by atoms with Gasteiger partial charge in [0.1, 0.15) is 6.04 Å². The third-order valence-corrected chi connectivity index (χ3v) is 2.44. The Hall–Kier alpha value is -1.39. The predicted molar refractivity (Wildman–Crippen MR) is 67.4 cm³/mol. The van der Waals surface area contributed by atoms with Crippen molar-refractivity contribution in [1.82, 2.24) is 0 Å². The maximum Gasteiger partial charge on any atom is 0.323 e. The molecule has 0 heterocycles. The van der Waals surface area contributed by atoms with Gasteiger partial charge in [-0.15, -0.1) is 0 Å². The molecule has 0 radical (unpaired) electrons. The lowest BCUT2D eigenvalue weighted by molar-refractivity contribution is -0.145. The Bertz CT molecular complexity index is 327. The Morgan fingerprint density at radius 1 is 1.24 bits per heavy atom. The van der Waals surface area contributed by atoms with E-state index >= 15 is 0 Å². The summed E-state index contributed by atoms with van der Waals surface area (Å²) in [5.41, 5.74) is 12.1. The van der Waals surface area contributed by atoms with E-state index in [1.54, 1.807) is 0 Å². The fourth-order valence-corrected chi connectivity index (χ4v) is 1.48. The van der Waals surface area contributed by atoms with E-state index in [9.17, 15) is 4.79 Å². The number of carbonyl (C=O) groups excluding carboxylic acids is 1. The van der Waals surface area contributed by atoms with Crippen LogP contribution in [0.2, 0.25) is 0 Å². The molecule has 0 amide bonds. The molecule has 0 unspecified atom stereocenters. The number of hydrogen-bond acceptors (Lipinski definition) is 4. The predicted octanol–water partition coefficient (Wildman–Crippen LogP) is 0.839. The minimum absolute atomic E-state index is 0.342. The molecule has 0 bridgehead atoms. The molecule has 0 fully saturated rings. The molecule has 17 heavy (non-hydrogen) atoms. The molecule has 1 atom stereocenters. The van der Waals surface area contributed by atoms with Gasteiger partial charge in [0.2, 0.25) is 0 Å². The number of ether oxygens (including phenoxy) is 1. The quantitative estimate of drug-likeness (QED) is 0.543. The Kier molecular flexibility index (Phi) is 6.29. The van der Waals surface area contributed by atoms with Gasteiger partial charge < -0.3 is 16.2 Å². The summed E-state index contributed by atoms with van der Waals surface area (Å²) in [7, 11) is 0. The summed E-state index contributed by atoms with van der Waals surface area (Å²) in [5, 5.41) is 0. The van der Waals surface area contributed by atoms with Crippen molar-refractivity contribution in [2.24, 2.45) is 11.5 Å². The first-order chi connectivity index (χ1) is 8.24. The second-order valence-corrected chi connectivity index (χ2v) is 3.96. The topological polar surface area (TPSA) is 78.3 Å². The summed E-state index contributed by atoms with van der Waals surface area (Å²) in [4.78, 5) is 11.5. The lowest BCUT2D eigenvalue weighted by Crippen LogP contribution is -2.34. The van der Waals surface area contributed by atoms with E-state index in [-0.39, 0.29) is 5.97 Å². The number of rotatable bonds is 7. The van der Waals surface area contributed by atoms with Crippen LogP contribution in [0.5, 0.6) is 0 Å². The van der Waals surface area contributed by atoms with Crippen LogP contribution in [0.15, 0.2) is 30.3 Å². The van der Waals surface area contributed by atoms with Crippen molar-refractivity contribution in [3.05, 3.63) is 35.9 Å². The molecule has 4 heteroatoms. The summed E-state index contributed by atoms with van der Waals surface area (Å²) >= 11 is 0. The van der Waals surface area contributed by atoms with Crippen LogP contribution in [0.4, 0.5) is 0 Å². The molecule has 1 aromatic carbocycles. The largest absolute Gasteiger partial charge is 0.465 e. The zero-order valence-electron chi connectivity index (χ0n) is 9.97. The van der Waals surface area contributed by atoms with Crippen molar-refractivity contribution in [2.75, 3.05) is 13.2 Å². The van der Waals surface area contributed by atoms with Crippen molar-refractivity contribution >= 4 is 5.97 Å². The molecule has 94 valence electrons. The molecular formula is C13H20N2O2. The SMILES string of the molecule is NCCCCOC(=O)[C@@H](N)Cc1ccccc1. The first-order valence-corrected chi connectivity index (χ1v) is 5.90. The average molecular weight is 236 g/mol. The highest BCUT2D eigenvalue weighted by Crippen LogP contribution is 2.03. The van der Waals surface area contributed by atoms with Crippen LogP contribution in [0.25, 0.3) is 0 Å². The van der Waals surface area contributed by atoms with Gasteiger partial charge in [-0.25, -0.2) is 0 Å². The summed E-state index contributed by atoms with van der Waals surface area (Å²) in [6.45, 7) is 1.02. The van der Waals surface area contributed by atoms with Crippen LogP contribution < -0.4 is 11.5 Å². The second kappa shape index (κ2) is 7.81. The van der Waals surface area contributed by atoms with Gasteiger partial charge in [-0.2, -0.15) is 0 Å². The number of benzene rings is 1. The van der Waals surface area contributed by atoms with Gasteiger partial charge in [0.05, 0.1) is 6.61 Å². The van der Waals surface area contributed by atoms with E-state index in [1.807, 2.05) is 30.3 Å². The Morgan fingerprint density at radius 2 is 1.94 bits per heavy atom. The van der Waals surface area contributed by atoms with Crippen LogP contribution >= 0.6 is 0 Å². The van der Waals surface area contributed by atoms with Crippen LogP contribution in [0.3, 0.4) is 0 Å². The van der Waals surface area contributed by atoms with Crippen LogP contribution in [0.1, 0.15) is 18.4 Å². The monoisotopic (exact) mass is 236 g/mol. The maximum absolute atomic E-state index is 11.5. The molecule has 0 aliphatic heterocycles. The average Bonchev–Trinajstić information content (AvgIpc) is 2.35. The molecular weight excluding hydrogens is 216 g/mol. The molecule has 0 aromatic heterocycles. The first kappa shape index (κ1) is 13.7. The van der Waals surface area contributed by atoms with Gasteiger partial charge in [0.25, 0.3) is 0 Å². The minimum Gasteiger partial charge on any atom is -0.465 e. The fraction of sp³-hybridized carbons (Fsp3) is 0.462. The smallest absolute Gasteiger partial charge is 0.323 e. The zero-order valence-corrected chi connectivity index (χ0v) is 9.97. The summed E-state index contributed by atoms with van der Waals surface area (Å²) in [6, 6.07) is 9.09. The lowest BCUT2D eigenvalue weighted by atomic mass is 10.1. The number of hydrogen-bond donors (Lipinski definition) is 2. The molecule has 0 saturated carbocycles. The summed E-state index contributed by atoms with van der Waals surface area (Å²) < 4.78 is 5.06. The molecule has 0 spiro atoms. The number of unbranched alkanes of at least 4 members (excludes halogenated alkanes) is 1. The number of nitrogens with two attached hydrogens (primary N) is 2. The summed E-state index contributed by atoms with van der Waals surface area (Å²) in [5.74, 6) is -0.342. The highest BCUT2D eigenvalue weighted by Gasteiger charge is 2.15. The Morgan fingerprint density at radius 3 is 2.59 bits per heavy atom. The van der Waals surface area contributed by atoms with Crippen molar-refractivity contribution < 1.29 is 9.53 Å². The molecule has 4 N–H and O–H groups in total. The van der Waals surface area contributed by atoms with Crippen molar-refractivity contribution in [3.8, 4) is 0 Å². The van der Waals surface area contributed by atoms with Gasteiger partial charge >= 0.3 is 5.97 Å². The van der Waals surface area contributed by atoms with Crippen molar-refractivity contribution in [2.45, 2.75) is 25.3 Å². The minimum atomic E-state index is -0.588. The van der Waals surface area contributed by atoms with Gasteiger partial charge in [-0.1, -0.05) is 30.3 Å². The highest BCUT2D eigenvalue weighted by atomic mass is 16.5. The standard InChI is InChI=1S/C13H20N2O2/c14-8-4-5-9-17-13(16)12(15)10-11-6-2-1-3-7-11/h1-3,6-7,12H,4-5,8-10,14-15H2/t12-/m0/s1. The third kappa shape index (κ3) is 5.47. The van der Waals surface area contributed by atoms with Crippen molar-refractivity contribution in [3.63, 3.8) is 0 Å². The van der Waals surface area contributed by atoms with Crippen LogP contribution in [0, 0.1) is 0 Å². The lowest BCUT2D eigenvalue weighted by Gasteiger charge is -2.11. The maximum atomic E-state index is 11.5. The second-order valence-electron chi connectivity index (χ2n) is 3.96. The van der Waals surface area contributed by atoms with E-state index in [1.165, 1.54) is 0 Å². The van der Waals surface area contributed by atoms with Crippen LogP contribution in [-0.2, 0) is 16.0 Å². The van der Waals surface area contributed by atoms with Gasteiger partial charge in [-0.05, 0) is 31.4 Å². The van der Waals surface area contributed by atoms with E-state index in [0.29, 0.717) is 19.6 Å². The van der Waals surface area contributed by atoms with Crippen molar-refractivity contribution in [1.29, 1.82) is 0 Å². The Labute approximate surface area is 102 Å². The van der Waals surface area contributed by atoms with E-state index in [0.717, 1.165) is 18.4 Å². The summed E-state index contributed by atoms with van der Waals surface area (Å²) in [6.07, 6.45) is 2.16.